The average molecular weight is 445 g/mol. The summed E-state index contributed by atoms with van der Waals surface area (Å²) in [4.78, 5) is 12.1. The normalized spacial score (nSPS) is 17.2. The third kappa shape index (κ3) is 3.30. The van der Waals surface area contributed by atoms with Gasteiger partial charge in [-0.3, -0.25) is 4.79 Å². The molecule has 3 aromatic rings. The first-order valence-corrected chi connectivity index (χ1v) is 9.83. The highest BCUT2D eigenvalue weighted by Gasteiger charge is 2.44. The average Bonchev–Trinajstić information content (AvgIpc) is 3.14. The lowest BCUT2D eigenvalue weighted by atomic mass is 9.85. The second kappa shape index (κ2) is 7.83. The molecule has 1 amide bonds. The Labute approximate surface area is 182 Å². The highest BCUT2D eigenvalue weighted by molar-refractivity contribution is 6.34. The smallest absolute Gasteiger partial charge is 0.249 e. The number of methoxy groups -OCH3 is 1. The van der Waals surface area contributed by atoms with Crippen molar-refractivity contribution >= 4 is 17.5 Å². The van der Waals surface area contributed by atoms with E-state index in [1.165, 1.54) is 31.4 Å². The zero-order chi connectivity index (χ0) is 22.3. The predicted octanol–water partition coefficient (Wildman–Crippen LogP) is 4.18. The molecule has 1 atom stereocenters. The van der Waals surface area contributed by atoms with Gasteiger partial charge in [0.2, 0.25) is 5.91 Å². The number of benzene rings is 3. The van der Waals surface area contributed by atoms with Crippen molar-refractivity contribution in [2.75, 3.05) is 13.7 Å². The van der Waals surface area contributed by atoms with Gasteiger partial charge in [-0.2, -0.15) is 0 Å². The van der Waals surface area contributed by atoms with Gasteiger partial charge in [0, 0.05) is 40.2 Å². The van der Waals surface area contributed by atoms with Crippen molar-refractivity contribution in [3.63, 3.8) is 0 Å². The standard InChI is InChI=1S/C23H19ClF2N2O3/c1-30-18-8-6-12(22(28)29)20(21(18)26)19-13-10-23(11-27,14-4-2-3-5-16(14)25)31-17(13)9-7-15(19)24/h2-9H,10-11,27H2,1H3,(H2,28,29)/t23-/m1/s1. The lowest BCUT2D eigenvalue weighted by Gasteiger charge is -2.28. The molecule has 0 unspecified atom stereocenters. The molecule has 4 rings (SSSR count). The maximum Gasteiger partial charge on any atom is 0.249 e. The number of rotatable bonds is 5. The zero-order valence-electron chi connectivity index (χ0n) is 16.5. The number of nitrogens with two attached hydrogens (primary N) is 2. The zero-order valence-corrected chi connectivity index (χ0v) is 17.3. The summed E-state index contributed by atoms with van der Waals surface area (Å²) < 4.78 is 41.2. The Morgan fingerprint density at radius 1 is 1.16 bits per heavy atom. The number of hydrogen-bond donors (Lipinski definition) is 2. The lowest BCUT2D eigenvalue weighted by molar-refractivity contribution is 0.0983. The van der Waals surface area contributed by atoms with Crippen LogP contribution in [0.4, 0.5) is 8.78 Å². The van der Waals surface area contributed by atoms with Crippen LogP contribution in [0.15, 0.2) is 48.5 Å². The van der Waals surface area contributed by atoms with E-state index in [9.17, 15) is 9.18 Å². The van der Waals surface area contributed by atoms with Crippen LogP contribution in [0, 0.1) is 11.6 Å². The third-order valence-corrected chi connectivity index (χ3v) is 5.84. The Kier molecular flexibility index (Phi) is 5.33. The van der Waals surface area contributed by atoms with Crippen LogP contribution < -0.4 is 20.9 Å². The number of fused-ring (bicyclic) bond motifs is 1. The topological polar surface area (TPSA) is 87.6 Å². The van der Waals surface area contributed by atoms with E-state index in [1.807, 2.05) is 0 Å². The first kappa shape index (κ1) is 21.1. The van der Waals surface area contributed by atoms with Gasteiger partial charge in [-0.05, 0) is 30.3 Å². The van der Waals surface area contributed by atoms with Gasteiger partial charge in [0.05, 0.1) is 12.7 Å². The van der Waals surface area contributed by atoms with Gasteiger partial charge < -0.3 is 20.9 Å². The van der Waals surface area contributed by atoms with E-state index in [0.29, 0.717) is 11.3 Å². The van der Waals surface area contributed by atoms with Crippen LogP contribution in [0.25, 0.3) is 11.1 Å². The molecule has 0 fully saturated rings. The molecule has 4 N–H and O–H groups in total. The van der Waals surface area contributed by atoms with Gasteiger partial charge in [0.15, 0.2) is 17.2 Å². The van der Waals surface area contributed by atoms with Crippen LogP contribution in [0.5, 0.6) is 11.5 Å². The van der Waals surface area contributed by atoms with Crippen LogP contribution in [-0.2, 0) is 12.0 Å². The van der Waals surface area contributed by atoms with Crippen molar-refractivity contribution in [1.82, 2.24) is 0 Å². The quantitative estimate of drug-likeness (QED) is 0.618. The van der Waals surface area contributed by atoms with Crippen LogP contribution in [-0.4, -0.2) is 19.6 Å². The molecule has 0 radical (unpaired) electrons. The van der Waals surface area contributed by atoms with E-state index in [4.69, 9.17) is 32.5 Å². The minimum Gasteiger partial charge on any atom is -0.494 e. The molecule has 1 heterocycles. The summed E-state index contributed by atoms with van der Waals surface area (Å²) in [6, 6.07) is 12.0. The molecule has 8 heteroatoms. The van der Waals surface area contributed by atoms with Crippen LogP contribution in [0.3, 0.4) is 0 Å². The molecule has 1 aliphatic rings. The van der Waals surface area contributed by atoms with E-state index in [2.05, 4.69) is 0 Å². The molecule has 0 spiro atoms. The first-order chi connectivity index (χ1) is 14.8. The maximum absolute atomic E-state index is 15.4. The van der Waals surface area contributed by atoms with Crippen molar-refractivity contribution in [1.29, 1.82) is 0 Å². The molecule has 0 aromatic heterocycles. The molecule has 31 heavy (non-hydrogen) atoms. The summed E-state index contributed by atoms with van der Waals surface area (Å²) in [7, 11) is 1.31. The molecule has 3 aromatic carbocycles. The molecular formula is C23H19ClF2N2O3. The number of carbonyl (C=O) groups is 1. The van der Waals surface area contributed by atoms with Crippen molar-refractivity contribution in [3.8, 4) is 22.6 Å². The van der Waals surface area contributed by atoms with Gasteiger partial charge in [-0.15, -0.1) is 0 Å². The monoisotopic (exact) mass is 444 g/mol. The Morgan fingerprint density at radius 2 is 1.90 bits per heavy atom. The summed E-state index contributed by atoms with van der Waals surface area (Å²) >= 11 is 6.48. The molecule has 1 aliphatic heterocycles. The van der Waals surface area contributed by atoms with Crippen LogP contribution in [0.1, 0.15) is 21.5 Å². The van der Waals surface area contributed by atoms with Gasteiger partial charge in [-0.25, -0.2) is 8.78 Å². The Bertz CT molecular complexity index is 1200. The van der Waals surface area contributed by atoms with Gasteiger partial charge in [-0.1, -0.05) is 29.8 Å². The van der Waals surface area contributed by atoms with Gasteiger partial charge in [0.25, 0.3) is 0 Å². The Balaban J connectivity index is 1.97. The highest BCUT2D eigenvalue weighted by atomic mass is 35.5. The molecule has 160 valence electrons. The summed E-state index contributed by atoms with van der Waals surface area (Å²) in [5.41, 5.74) is 11.2. The molecule has 0 bridgehead atoms. The third-order valence-electron chi connectivity index (χ3n) is 5.52. The highest BCUT2D eigenvalue weighted by Crippen LogP contribution is 2.49. The minimum absolute atomic E-state index is 0.0387. The van der Waals surface area contributed by atoms with E-state index in [-0.39, 0.29) is 46.0 Å². The minimum atomic E-state index is -1.21. The lowest BCUT2D eigenvalue weighted by Crippen LogP contribution is -2.40. The van der Waals surface area contributed by atoms with Crippen molar-refractivity contribution in [3.05, 3.63) is 81.9 Å². The summed E-state index contributed by atoms with van der Waals surface area (Å²) in [5.74, 6) is -1.80. The van der Waals surface area contributed by atoms with E-state index in [0.717, 1.165) is 0 Å². The van der Waals surface area contributed by atoms with Crippen molar-refractivity contribution in [2.45, 2.75) is 12.0 Å². The Hall–Kier alpha value is -3.16. The van der Waals surface area contributed by atoms with E-state index in [1.54, 1.807) is 24.3 Å². The molecule has 5 nitrogen and oxygen atoms in total. The van der Waals surface area contributed by atoms with Gasteiger partial charge >= 0.3 is 0 Å². The van der Waals surface area contributed by atoms with Gasteiger partial charge in [0.1, 0.15) is 11.6 Å². The molecular weight excluding hydrogens is 426 g/mol. The molecule has 0 saturated heterocycles. The summed E-state index contributed by atoms with van der Waals surface area (Å²) in [6.45, 7) is -0.0387. The number of hydrogen-bond acceptors (Lipinski definition) is 4. The summed E-state index contributed by atoms with van der Waals surface area (Å²) in [5, 5.41) is 0.179. The molecule has 0 saturated carbocycles. The summed E-state index contributed by atoms with van der Waals surface area (Å²) in [6.07, 6.45) is 0.116. The second-order valence-electron chi connectivity index (χ2n) is 7.22. The number of amides is 1. The van der Waals surface area contributed by atoms with Crippen molar-refractivity contribution in [2.24, 2.45) is 11.5 Å². The van der Waals surface area contributed by atoms with E-state index < -0.39 is 23.1 Å². The fraction of sp³-hybridized carbons (Fsp3) is 0.174. The second-order valence-corrected chi connectivity index (χ2v) is 7.63. The van der Waals surface area contributed by atoms with Crippen LogP contribution in [0.2, 0.25) is 5.02 Å². The van der Waals surface area contributed by atoms with Crippen LogP contribution >= 0.6 is 11.6 Å². The maximum atomic E-state index is 15.4. The Morgan fingerprint density at radius 3 is 2.55 bits per heavy atom. The van der Waals surface area contributed by atoms with E-state index >= 15 is 4.39 Å². The van der Waals surface area contributed by atoms with Crippen molar-refractivity contribution < 1.29 is 23.0 Å². The first-order valence-electron chi connectivity index (χ1n) is 9.45. The number of carbonyl (C=O) groups excluding carboxylic acids is 1. The number of ether oxygens (including phenoxy) is 2. The largest absolute Gasteiger partial charge is 0.494 e. The SMILES string of the molecule is COc1ccc(C(N)=O)c(-c2c(Cl)ccc3c2C[C@@](CN)(c2ccccc2F)O3)c1F. The fourth-order valence-corrected chi connectivity index (χ4v) is 4.31. The number of halogens is 3. The number of primary amides is 1. The predicted molar refractivity (Wildman–Crippen MR) is 113 cm³/mol. The molecule has 0 aliphatic carbocycles. The fourth-order valence-electron chi connectivity index (χ4n) is 4.04.